The Morgan fingerprint density at radius 2 is 1.86 bits per heavy atom. The molecule has 0 amide bonds. The van der Waals surface area contributed by atoms with Gasteiger partial charge in [-0.25, -0.2) is 0 Å². The number of rotatable bonds is 0. The summed E-state index contributed by atoms with van der Waals surface area (Å²) >= 11 is 0. The highest BCUT2D eigenvalue weighted by Crippen LogP contribution is 2.65. The third-order valence-corrected chi connectivity index (χ3v) is 8.34. The van der Waals surface area contributed by atoms with E-state index in [9.17, 15) is 15.0 Å². The highest BCUT2D eigenvalue weighted by molar-refractivity contribution is 5.79. The largest absolute Gasteiger partial charge is 0.393 e. The van der Waals surface area contributed by atoms with Crippen LogP contribution in [0.5, 0.6) is 0 Å². The van der Waals surface area contributed by atoms with Gasteiger partial charge in [0.15, 0.2) is 0 Å². The molecule has 4 rings (SSSR count). The summed E-state index contributed by atoms with van der Waals surface area (Å²) in [6.07, 6.45) is 7.16. The molecule has 4 aliphatic rings. The van der Waals surface area contributed by atoms with Crippen molar-refractivity contribution >= 4 is 5.78 Å². The zero-order chi connectivity index (χ0) is 15.7. The van der Waals surface area contributed by atoms with Crippen molar-refractivity contribution < 1.29 is 15.0 Å². The Bertz CT molecular complexity index is 485. The maximum Gasteiger partial charge on any atom is 0.133 e. The molecule has 0 heterocycles. The van der Waals surface area contributed by atoms with Crippen LogP contribution in [0, 0.1) is 35.0 Å². The predicted octanol–water partition coefficient (Wildman–Crippen LogP) is 2.93. The molecule has 3 nitrogen and oxygen atoms in total. The van der Waals surface area contributed by atoms with E-state index < -0.39 is 5.60 Å². The molecular weight excluding hydrogens is 276 g/mol. The lowest BCUT2D eigenvalue weighted by atomic mass is 9.48. The van der Waals surface area contributed by atoms with Crippen LogP contribution in [-0.4, -0.2) is 27.7 Å². The Kier molecular flexibility index (Phi) is 3.30. The van der Waals surface area contributed by atoms with Gasteiger partial charge >= 0.3 is 0 Å². The van der Waals surface area contributed by atoms with Crippen LogP contribution < -0.4 is 0 Å². The zero-order valence-corrected chi connectivity index (χ0v) is 13.9. The fourth-order valence-corrected chi connectivity index (χ4v) is 6.92. The van der Waals surface area contributed by atoms with Crippen molar-refractivity contribution in [1.29, 1.82) is 0 Å². The summed E-state index contributed by atoms with van der Waals surface area (Å²) in [4.78, 5) is 11.8. The van der Waals surface area contributed by atoms with E-state index in [-0.39, 0.29) is 11.5 Å². The third-order valence-electron chi connectivity index (χ3n) is 8.34. The number of aliphatic hydroxyl groups is 2. The molecule has 4 fully saturated rings. The lowest BCUT2D eigenvalue weighted by Crippen LogP contribution is -2.56. The Morgan fingerprint density at radius 1 is 1.09 bits per heavy atom. The first-order valence-electron chi connectivity index (χ1n) is 9.25. The number of carbonyl (C=O) groups excluding carboxylic acids is 1. The summed E-state index contributed by atoms with van der Waals surface area (Å²) in [6.45, 7) is 4.26. The van der Waals surface area contributed by atoms with Crippen molar-refractivity contribution in [3.05, 3.63) is 0 Å². The summed E-state index contributed by atoms with van der Waals surface area (Å²) < 4.78 is 0. The number of ketones is 1. The van der Waals surface area contributed by atoms with Gasteiger partial charge in [0.25, 0.3) is 0 Å². The maximum atomic E-state index is 11.8. The Hall–Kier alpha value is -0.410. The molecule has 8 atom stereocenters. The Labute approximate surface area is 133 Å². The highest BCUT2D eigenvalue weighted by atomic mass is 16.3. The highest BCUT2D eigenvalue weighted by Gasteiger charge is 2.62. The molecule has 0 aromatic heterocycles. The summed E-state index contributed by atoms with van der Waals surface area (Å²) in [5, 5.41) is 21.7. The lowest BCUT2D eigenvalue weighted by molar-refractivity contribution is -0.158. The topological polar surface area (TPSA) is 57.5 Å². The van der Waals surface area contributed by atoms with E-state index in [1.54, 1.807) is 0 Å². The average molecular weight is 306 g/mol. The molecule has 124 valence electrons. The van der Waals surface area contributed by atoms with Crippen molar-refractivity contribution in [1.82, 2.24) is 0 Å². The van der Waals surface area contributed by atoms with Crippen LogP contribution in [-0.2, 0) is 4.79 Å². The van der Waals surface area contributed by atoms with Gasteiger partial charge in [-0.3, -0.25) is 4.79 Å². The summed E-state index contributed by atoms with van der Waals surface area (Å²) in [7, 11) is 0. The van der Waals surface area contributed by atoms with Gasteiger partial charge in [-0.2, -0.15) is 0 Å². The minimum absolute atomic E-state index is 0.0352. The smallest absolute Gasteiger partial charge is 0.133 e. The van der Waals surface area contributed by atoms with Crippen molar-refractivity contribution in [3.63, 3.8) is 0 Å². The zero-order valence-electron chi connectivity index (χ0n) is 13.9. The lowest BCUT2D eigenvalue weighted by Gasteiger charge is -2.58. The standard InChI is InChI=1S/C19H30O3/c1-18-7-5-14-13-4-3-12(20)9-11(13)10-16(21)17(14)15(18)6-8-19(18,2)22/h11,13-17,21-22H,3-10H2,1-2H3/t11-,13+,14-,15+,16+,17-,18+,19+/m1/s1. The summed E-state index contributed by atoms with van der Waals surface area (Å²) in [6, 6.07) is 0. The molecule has 0 bridgehead atoms. The SMILES string of the molecule is C[C@]1(O)CC[C@H]2[C@H]3[C@H](CC[C@@]21C)[C@H]1CCC(=O)C[C@@H]1C[C@@H]3O. The van der Waals surface area contributed by atoms with E-state index >= 15 is 0 Å². The first-order chi connectivity index (χ1) is 10.3. The number of fused-ring (bicyclic) bond motifs is 5. The van der Waals surface area contributed by atoms with E-state index in [1.807, 2.05) is 6.92 Å². The molecule has 0 aliphatic heterocycles. The number of hydrogen-bond donors (Lipinski definition) is 2. The van der Waals surface area contributed by atoms with E-state index in [1.165, 1.54) is 0 Å². The predicted molar refractivity (Wildman–Crippen MR) is 84.1 cm³/mol. The molecule has 0 aromatic carbocycles. The third kappa shape index (κ3) is 1.91. The molecule has 3 heteroatoms. The van der Waals surface area contributed by atoms with Crippen LogP contribution in [0.2, 0.25) is 0 Å². The van der Waals surface area contributed by atoms with Gasteiger partial charge in [0.05, 0.1) is 11.7 Å². The summed E-state index contributed by atoms with van der Waals surface area (Å²) in [5.74, 6) is 2.84. The van der Waals surface area contributed by atoms with Crippen LogP contribution in [0.3, 0.4) is 0 Å². The molecule has 0 aromatic rings. The molecule has 4 saturated carbocycles. The van der Waals surface area contributed by atoms with Gasteiger partial charge in [-0.15, -0.1) is 0 Å². The van der Waals surface area contributed by atoms with Crippen LogP contribution in [0.25, 0.3) is 0 Å². The first kappa shape index (κ1) is 15.1. The number of aliphatic hydroxyl groups excluding tert-OH is 1. The first-order valence-corrected chi connectivity index (χ1v) is 9.25. The quantitative estimate of drug-likeness (QED) is 0.723. The van der Waals surface area contributed by atoms with Crippen LogP contribution in [0.1, 0.15) is 65.2 Å². The number of carbonyl (C=O) groups is 1. The normalized spacial score (nSPS) is 57.9. The van der Waals surface area contributed by atoms with Crippen LogP contribution in [0.15, 0.2) is 0 Å². The van der Waals surface area contributed by atoms with Crippen LogP contribution >= 0.6 is 0 Å². The van der Waals surface area contributed by atoms with Gasteiger partial charge in [0.1, 0.15) is 5.78 Å². The average Bonchev–Trinajstić information content (AvgIpc) is 2.69. The molecule has 0 unspecified atom stereocenters. The number of hydrogen-bond acceptors (Lipinski definition) is 3. The van der Waals surface area contributed by atoms with E-state index in [2.05, 4.69) is 6.92 Å². The molecule has 2 N–H and O–H groups in total. The monoisotopic (exact) mass is 306 g/mol. The van der Waals surface area contributed by atoms with Gasteiger partial charge in [-0.1, -0.05) is 6.92 Å². The second-order valence-electron chi connectivity index (χ2n) is 9.12. The maximum absolute atomic E-state index is 11.8. The molecular formula is C19H30O3. The fourth-order valence-electron chi connectivity index (χ4n) is 6.92. The van der Waals surface area contributed by atoms with Crippen molar-refractivity contribution in [3.8, 4) is 0 Å². The Balaban J connectivity index is 1.64. The number of Topliss-reactive ketones (excluding diaryl/α,β-unsaturated/α-hetero) is 1. The van der Waals surface area contributed by atoms with Crippen molar-refractivity contribution in [2.45, 2.75) is 76.9 Å². The molecule has 0 spiro atoms. The molecule has 0 radical (unpaired) electrons. The van der Waals surface area contributed by atoms with E-state index in [0.717, 1.165) is 44.9 Å². The minimum atomic E-state index is -0.582. The van der Waals surface area contributed by atoms with Crippen molar-refractivity contribution in [2.75, 3.05) is 0 Å². The molecule has 22 heavy (non-hydrogen) atoms. The van der Waals surface area contributed by atoms with Gasteiger partial charge in [-0.05, 0) is 80.5 Å². The Morgan fingerprint density at radius 3 is 2.64 bits per heavy atom. The second-order valence-corrected chi connectivity index (χ2v) is 9.12. The van der Waals surface area contributed by atoms with Gasteiger partial charge < -0.3 is 10.2 Å². The molecule has 0 saturated heterocycles. The van der Waals surface area contributed by atoms with Gasteiger partial charge in [0.2, 0.25) is 0 Å². The van der Waals surface area contributed by atoms with E-state index in [4.69, 9.17) is 0 Å². The van der Waals surface area contributed by atoms with E-state index in [0.29, 0.717) is 41.8 Å². The molecule has 4 aliphatic carbocycles. The fraction of sp³-hybridized carbons (Fsp3) is 0.947. The van der Waals surface area contributed by atoms with Gasteiger partial charge in [0, 0.05) is 12.8 Å². The second kappa shape index (κ2) is 4.80. The minimum Gasteiger partial charge on any atom is -0.393 e. The summed E-state index contributed by atoms with van der Waals surface area (Å²) in [5.41, 5.74) is -0.617. The van der Waals surface area contributed by atoms with Crippen molar-refractivity contribution in [2.24, 2.45) is 35.0 Å². The van der Waals surface area contributed by atoms with Crippen LogP contribution in [0.4, 0.5) is 0 Å².